The van der Waals surface area contributed by atoms with E-state index in [2.05, 4.69) is 20.9 Å². The van der Waals surface area contributed by atoms with E-state index in [9.17, 15) is 0 Å². The second kappa shape index (κ2) is 5.73. The van der Waals surface area contributed by atoms with Crippen molar-refractivity contribution in [3.05, 3.63) is 46.6 Å². The van der Waals surface area contributed by atoms with Gasteiger partial charge >= 0.3 is 0 Å². The number of methoxy groups -OCH3 is 1. The van der Waals surface area contributed by atoms with E-state index < -0.39 is 0 Å². The Balaban J connectivity index is 2.06. The molecule has 0 bridgehead atoms. The van der Waals surface area contributed by atoms with E-state index in [1.165, 1.54) is 0 Å². The lowest BCUT2D eigenvalue weighted by molar-refractivity contribution is 0.298. The monoisotopic (exact) mass is 308 g/mol. The average Bonchev–Trinajstić information content (AvgIpc) is 2.35. The SMILES string of the molecule is COc1cccc(COc2cc(N)cc(Br)c2)n1. The number of ether oxygens (including phenoxy) is 2. The van der Waals surface area contributed by atoms with Crippen molar-refractivity contribution < 1.29 is 9.47 Å². The van der Waals surface area contributed by atoms with E-state index in [1.807, 2.05) is 24.3 Å². The summed E-state index contributed by atoms with van der Waals surface area (Å²) < 4.78 is 11.6. The van der Waals surface area contributed by atoms with Crippen molar-refractivity contribution in [1.82, 2.24) is 4.98 Å². The second-order valence-corrected chi connectivity index (χ2v) is 4.60. The largest absolute Gasteiger partial charge is 0.487 e. The zero-order valence-corrected chi connectivity index (χ0v) is 11.5. The van der Waals surface area contributed by atoms with E-state index in [1.54, 1.807) is 19.2 Å². The Morgan fingerprint density at radius 2 is 2.11 bits per heavy atom. The first kappa shape index (κ1) is 12.7. The molecule has 2 N–H and O–H groups in total. The maximum atomic E-state index is 5.73. The molecule has 1 heterocycles. The van der Waals surface area contributed by atoms with Gasteiger partial charge in [-0.05, 0) is 18.2 Å². The average molecular weight is 309 g/mol. The minimum absolute atomic E-state index is 0.368. The molecule has 0 atom stereocenters. The Bertz CT molecular complexity index is 526. The van der Waals surface area contributed by atoms with E-state index in [4.69, 9.17) is 15.2 Å². The molecule has 0 aliphatic heterocycles. The molecule has 0 saturated carbocycles. The van der Waals surface area contributed by atoms with Gasteiger partial charge in [0, 0.05) is 22.3 Å². The van der Waals surface area contributed by atoms with Gasteiger partial charge in [0.2, 0.25) is 5.88 Å². The normalized spacial score (nSPS) is 10.1. The maximum Gasteiger partial charge on any atom is 0.213 e. The highest BCUT2D eigenvalue weighted by atomic mass is 79.9. The minimum atomic E-state index is 0.368. The van der Waals surface area contributed by atoms with Crippen LogP contribution in [0.3, 0.4) is 0 Å². The lowest BCUT2D eigenvalue weighted by Gasteiger charge is -2.08. The van der Waals surface area contributed by atoms with Crippen LogP contribution in [0.1, 0.15) is 5.69 Å². The molecule has 18 heavy (non-hydrogen) atoms. The van der Waals surface area contributed by atoms with Crippen LogP contribution in [0.15, 0.2) is 40.9 Å². The van der Waals surface area contributed by atoms with Crippen molar-refractivity contribution in [2.24, 2.45) is 0 Å². The molecule has 0 unspecified atom stereocenters. The molecule has 2 aromatic rings. The van der Waals surface area contributed by atoms with E-state index in [0.717, 1.165) is 10.2 Å². The van der Waals surface area contributed by atoms with Crippen molar-refractivity contribution >= 4 is 21.6 Å². The van der Waals surface area contributed by atoms with Crippen molar-refractivity contribution in [2.75, 3.05) is 12.8 Å². The van der Waals surface area contributed by atoms with Crippen LogP contribution in [0.4, 0.5) is 5.69 Å². The lowest BCUT2D eigenvalue weighted by atomic mass is 10.3. The summed E-state index contributed by atoms with van der Waals surface area (Å²) in [7, 11) is 1.59. The predicted octanol–water partition coefficient (Wildman–Crippen LogP) is 3.01. The van der Waals surface area contributed by atoms with Gasteiger partial charge in [0.25, 0.3) is 0 Å². The Morgan fingerprint density at radius 1 is 1.28 bits per heavy atom. The van der Waals surface area contributed by atoms with Crippen molar-refractivity contribution in [3.63, 3.8) is 0 Å². The number of nitrogens with zero attached hydrogens (tertiary/aromatic N) is 1. The molecule has 1 aromatic heterocycles. The van der Waals surface area contributed by atoms with Gasteiger partial charge in [-0.15, -0.1) is 0 Å². The Kier molecular flexibility index (Phi) is 4.04. The summed E-state index contributed by atoms with van der Waals surface area (Å²) in [6.07, 6.45) is 0. The Hall–Kier alpha value is -1.75. The molecule has 4 nitrogen and oxygen atoms in total. The molecule has 0 aliphatic rings. The van der Waals surface area contributed by atoms with Gasteiger partial charge in [-0.2, -0.15) is 0 Å². The summed E-state index contributed by atoms with van der Waals surface area (Å²) in [6, 6.07) is 11.0. The van der Waals surface area contributed by atoms with Crippen molar-refractivity contribution in [2.45, 2.75) is 6.61 Å². The molecular weight excluding hydrogens is 296 g/mol. The molecule has 0 spiro atoms. The summed E-state index contributed by atoms with van der Waals surface area (Å²) in [4.78, 5) is 4.26. The molecule has 0 fully saturated rings. The first-order valence-corrected chi connectivity index (χ1v) is 6.15. The Morgan fingerprint density at radius 3 is 2.83 bits per heavy atom. The zero-order chi connectivity index (χ0) is 13.0. The topological polar surface area (TPSA) is 57.4 Å². The highest BCUT2D eigenvalue weighted by Gasteiger charge is 2.01. The number of nitrogens with two attached hydrogens (primary N) is 1. The van der Waals surface area contributed by atoms with Gasteiger partial charge in [0.1, 0.15) is 12.4 Å². The number of aromatic nitrogens is 1. The predicted molar refractivity (Wildman–Crippen MR) is 73.7 cm³/mol. The number of pyridine rings is 1. The maximum absolute atomic E-state index is 5.73. The third kappa shape index (κ3) is 3.37. The van der Waals surface area contributed by atoms with Crippen LogP contribution in [0.5, 0.6) is 11.6 Å². The van der Waals surface area contributed by atoms with Crippen molar-refractivity contribution in [3.8, 4) is 11.6 Å². The van der Waals surface area contributed by atoms with Crippen molar-refractivity contribution in [1.29, 1.82) is 0 Å². The molecule has 0 radical (unpaired) electrons. The second-order valence-electron chi connectivity index (χ2n) is 3.68. The molecule has 1 aromatic carbocycles. The standard InChI is InChI=1S/C13H13BrN2O2/c1-17-13-4-2-3-11(16-13)8-18-12-6-9(14)5-10(15)7-12/h2-7H,8,15H2,1H3. The smallest absolute Gasteiger partial charge is 0.213 e. The van der Waals surface area contributed by atoms with Gasteiger partial charge in [-0.3, -0.25) is 0 Å². The molecular formula is C13H13BrN2O2. The van der Waals surface area contributed by atoms with Gasteiger partial charge in [-0.25, -0.2) is 4.98 Å². The first-order chi connectivity index (χ1) is 8.67. The summed E-state index contributed by atoms with van der Waals surface area (Å²) in [5.41, 5.74) is 7.18. The molecule has 0 aliphatic carbocycles. The molecule has 94 valence electrons. The Labute approximate surface area is 114 Å². The van der Waals surface area contributed by atoms with Crippen LogP contribution < -0.4 is 15.2 Å². The lowest BCUT2D eigenvalue weighted by Crippen LogP contribution is -2.00. The van der Waals surface area contributed by atoms with Crippen LogP contribution >= 0.6 is 15.9 Å². The van der Waals surface area contributed by atoms with Crippen LogP contribution in [0.25, 0.3) is 0 Å². The van der Waals surface area contributed by atoms with Crippen LogP contribution in [-0.4, -0.2) is 12.1 Å². The van der Waals surface area contributed by atoms with E-state index >= 15 is 0 Å². The van der Waals surface area contributed by atoms with Gasteiger partial charge in [-0.1, -0.05) is 22.0 Å². The van der Waals surface area contributed by atoms with Gasteiger partial charge < -0.3 is 15.2 Å². The summed E-state index contributed by atoms with van der Waals surface area (Å²) >= 11 is 3.37. The quantitative estimate of drug-likeness (QED) is 0.882. The zero-order valence-electron chi connectivity index (χ0n) is 9.89. The number of halogens is 1. The van der Waals surface area contributed by atoms with Crippen LogP contribution in [0.2, 0.25) is 0 Å². The number of anilines is 1. The molecule has 5 heteroatoms. The fraction of sp³-hybridized carbons (Fsp3) is 0.154. The summed E-state index contributed by atoms with van der Waals surface area (Å²) in [5.74, 6) is 1.27. The molecule has 2 rings (SSSR count). The molecule has 0 amide bonds. The highest BCUT2D eigenvalue weighted by Crippen LogP contribution is 2.23. The summed E-state index contributed by atoms with van der Waals surface area (Å²) in [6.45, 7) is 0.368. The number of hydrogen-bond donors (Lipinski definition) is 1. The third-order valence-corrected chi connectivity index (χ3v) is 2.73. The third-order valence-electron chi connectivity index (χ3n) is 2.27. The van der Waals surface area contributed by atoms with Gasteiger partial charge in [0.15, 0.2) is 0 Å². The minimum Gasteiger partial charge on any atom is -0.487 e. The van der Waals surface area contributed by atoms with E-state index in [0.29, 0.717) is 23.9 Å². The fourth-order valence-electron chi connectivity index (χ4n) is 1.48. The number of rotatable bonds is 4. The van der Waals surface area contributed by atoms with Crippen LogP contribution in [0, 0.1) is 0 Å². The highest BCUT2D eigenvalue weighted by molar-refractivity contribution is 9.10. The number of nitrogen functional groups attached to an aromatic ring is 1. The first-order valence-electron chi connectivity index (χ1n) is 5.36. The fourth-order valence-corrected chi connectivity index (χ4v) is 1.97. The number of hydrogen-bond acceptors (Lipinski definition) is 4. The molecule has 0 saturated heterocycles. The number of benzene rings is 1. The van der Waals surface area contributed by atoms with Gasteiger partial charge in [0.05, 0.1) is 12.8 Å². The summed E-state index contributed by atoms with van der Waals surface area (Å²) in [5, 5.41) is 0. The van der Waals surface area contributed by atoms with Crippen LogP contribution in [-0.2, 0) is 6.61 Å². The van der Waals surface area contributed by atoms with E-state index in [-0.39, 0.29) is 0 Å².